The largest absolute Gasteiger partial charge is 0.383 e. The summed E-state index contributed by atoms with van der Waals surface area (Å²) in [5, 5.41) is 0. The predicted octanol–water partition coefficient (Wildman–Crippen LogP) is 2.75. The number of morpholine rings is 1. The van der Waals surface area contributed by atoms with E-state index >= 15 is 0 Å². The van der Waals surface area contributed by atoms with Crippen LogP contribution >= 0.6 is 0 Å². The van der Waals surface area contributed by atoms with Crippen LogP contribution in [0.2, 0.25) is 0 Å². The molecule has 2 aromatic rings. The van der Waals surface area contributed by atoms with Crippen molar-refractivity contribution in [2.45, 2.75) is 30.6 Å². The first-order valence-corrected chi connectivity index (χ1v) is 12.9. The lowest BCUT2D eigenvalue weighted by Gasteiger charge is -2.26. The SMILES string of the molecule is COCCN(CCCc1ccccc1)C(=O)CCc1ccc(S(=O)(=O)N2CCOCC2)cc1. The van der Waals surface area contributed by atoms with Gasteiger partial charge in [0.2, 0.25) is 15.9 Å². The first-order chi connectivity index (χ1) is 16.0. The summed E-state index contributed by atoms with van der Waals surface area (Å²) in [6.07, 6.45) is 2.77. The van der Waals surface area contributed by atoms with E-state index in [9.17, 15) is 13.2 Å². The number of sulfonamides is 1. The summed E-state index contributed by atoms with van der Waals surface area (Å²) in [5.74, 6) is 0.0881. The number of nitrogens with zero attached hydrogens (tertiary/aromatic N) is 2. The van der Waals surface area contributed by atoms with Crippen LogP contribution in [0.25, 0.3) is 0 Å². The molecule has 1 aliphatic rings. The number of methoxy groups -OCH3 is 1. The third-order valence-electron chi connectivity index (χ3n) is 5.81. The highest BCUT2D eigenvalue weighted by Gasteiger charge is 2.26. The van der Waals surface area contributed by atoms with Gasteiger partial charge in [0.25, 0.3) is 0 Å². The highest BCUT2D eigenvalue weighted by atomic mass is 32.2. The number of carbonyl (C=O) groups excluding carboxylic acids is 1. The smallest absolute Gasteiger partial charge is 0.243 e. The van der Waals surface area contributed by atoms with Gasteiger partial charge >= 0.3 is 0 Å². The molecule has 33 heavy (non-hydrogen) atoms. The Bertz CT molecular complexity index is 958. The van der Waals surface area contributed by atoms with Crippen molar-refractivity contribution in [1.29, 1.82) is 0 Å². The molecule has 1 saturated heterocycles. The van der Waals surface area contributed by atoms with E-state index in [2.05, 4.69) is 12.1 Å². The van der Waals surface area contributed by atoms with Gasteiger partial charge in [-0.05, 0) is 42.5 Å². The molecule has 0 spiro atoms. The zero-order chi connectivity index (χ0) is 23.5. The summed E-state index contributed by atoms with van der Waals surface area (Å²) >= 11 is 0. The van der Waals surface area contributed by atoms with Gasteiger partial charge in [-0.25, -0.2) is 8.42 Å². The zero-order valence-electron chi connectivity index (χ0n) is 19.3. The van der Waals surface area contributed by atoms with Crippen LogP contribution in [0.3, 0.4) is 0 Å². The molecule has 0 saturated carbocycles. The van der Waals surface area contributed by atoms with E-state index in [4.69, 9.17) is 9.47 Å². The van der Waals surface area contributed by atoms with Crippen LogP contribution in [0.5, 0.6) is 0 Å². The van der Waals surface area contributed by atoms with E-state index in [1.165, 1.54) is 9.87 Å². The molecule has 1 aliphatic heterocycles. The van der Waals surface area contributed by atoms with E-state index < -0.39 is 10.0 Å². The summed E-state index contributed by atoms with van der Waals surface area (Å²) in [5.41, 5.74) is 2.21. The van der Waals surface area contributed by atoms with Gasteiger partial charge in [0, 0.05) is 39.7 Å². The maximum atomic E-state index is 12.9. The lowest BCUT2D eigenvalue weighted by atomic mass is 10.1. The van der Waals surface area contributed by atoms with Crippen LogP contribution in [0.1, 0.15) is 24.0 Å². The number of ether oxygens (including phenoxy) is 2. The Balaban J connectivity index is 1.52. The average molecular weight is 475 g/mol. The molecule has 0 unspecified atom stereocenters. The topological polar surface area (TPSA) is 76.2 Å². The molecule has 0 atom stereocenters. The van der Waals surface area contributed by atoms with E-state index in [1.54, 1.807) is 31.4 Å². The molecule has 1 amide bonds. The predicted molar refractivity (Wildman–Crippen MR) is 128 cm³/mol. The van der Waals surface area contributed by atoms with Crippen molar-refractivity contribution in [1.82, 2.24) is 9.21 Å². The van der Waals surface area contributed by atoms with Crippen LogP contribution in [0, 0.1) is 0 Å². The second-order valence-electron chi connectivity index (χ2n) is 8.12. The van der Waals surface area contributed by atoms with E-state index in [1.807, 2.05) is 23.1 Å². The number of aryl methyl sites for hydroxylation is 2. The molecule has 7 nitrogen and oxygen atoms in total. The molecule has 3 rings (SSSR count). The summed E-state index contributed by atoms with van der Waals surface area (Å²) in [6.45, 7) is 3.36. The summed E-state index contributed by atoms with van der Waals surface area (Å²) in [6, 6.07) is 17.1. The number of hydrogen-bond acceptors (Lipinski definition) is 5. The molecule has 2 aromatic carbocycles. The van der Waals surface area contributed by atoms with Crippen molar-refractivity contribution in [3.63, 3.8) is 0 Å². The first-order valence-electron chi connectivity index (χ1n) is 11.5. The highest BCUT2D eigenvalue weighted by molar-refractivity contribution is 7.89. The number of hydrogen-bond donors (Lipinski definition) is 0. The molecular weight excluding hydrogens is 440 g/mol. The number of rotatable bonds is 12. The third-order valence-corrected chi connectivity index (χ3v) is 7.73. The minimum Gasteiger partial charge on any atom is -0.383 e. The molecule has 1 fully saturated rings. The van der Waals surface area contributed by atoms with Crippen LogP contribution in [0.4, 0.5) is 0 Å². The van der Waals surface area contributed by atoms with Crippen molar-refractivity contribution >= 4 is 15.9 Å². The molecule has 0 aliphatic carbocycles. The third kappa shape index (κ3) is 7.64. The fraction of sp³-hybridized carbons (Fsp3) is 0.480. The van der Waals surface area contributed by atoms with Gasteiger partial charge in [-0.2, -0.15) is 4.31 Å². The van der Waals surface area contributed by atoms with Crippen molar-refractivity contribution in [3.05, 3.63) is 65.7 Å². The van der Waals surface area contributed by atoms with Crippen LogP contribution in [-0.4, -0.2) is 76.6 Å². The molecule has 0 N–H and O–H groups in total. The standard InChI is InChI=1S/C25H34N2O5S/c1-31-19-16-26(15-5-8-22-6-3-2-4-7-22)25(28)14-11-23-9-12-24(13-10-23)33(29,30)27-17-20-32-21-18-27/h2-4,6-7,9-10,12-13H,5,8,11,14-21H2,1H3. The quantitative estimate of drug-likeness (QED) is 0.473. The Morgan fingerprint density at radius 2 is 1.64 bits per heavy atom. The van der Waals surface area contributed by atoms with E-state index in [0.29, 0.717) is 58.8 Å². The van der Waals surface area contributed by atoms with Crippen molar-refractivity contribution in [3.8, 4) is 0 Å². The van der Waals surface area contributed by atoms with Crippen molar-refractivity contribution < 1.29 is 22.7 Å². The monoisotopic (exact) mass is 474 g/mol. The van der Waals surface area contributed by atoms with Gasteiger partial charge in [-0.15, -0.1) is 0 Å². The number of carbonyl (C=O) groups is 1. The summed E-state index contributed by atoms with van der Waals surface area (Å²) < 4.78 is 37.4. The zero-order valence-corrected chi connectivity index (χ0v) is 20.1. The van der Waals surface area contributed by atoms with Gasteiger partial charge in [0.1, 0.15) is 0 Å². The fourth-order valence-electron chi connectivity index (χ4n) is 3.85. The molecule has 1 heterocycles. The number of amides is 1. The normalized spacial score (nSPS) is 14.8. The molecule has 0 aromatic heterocycles. The fourth-order valence-corrected chi connectivity index (χ4v) is 5.26. The van der Waals surface area contributed by atoms with Gasteiger partial charge < -0.3 is 14.4 Å². The average Bonchev–Trinajstić information content (AvgIpc) is 2.86. The highest BCUT2D eigenvalue weighted by Crippen LogP contribution is 2.18. The first kappa shape index (κ1) is 25.4. The van der Waals surface area contributed by atoms with Gasteiger partial charge in [0.05, 0.1) is 24.7 Å². The lowest BCUT2D eigenvalue weighted by Crippen LogP contribution is -2.40. The summed E-state index contributed by atoms with van der Waals surface area (Å²) in [4.78, 5) is 15.0. The molecule has 8 heteroatoms. The van der Waals surface area contributed by atoms with Crippen LogP contribution in [-0.2, 0) is 37.1 Å². The van der Waals surface area contributed by atoms with Gasteiger partial charge in [0.15, 0.2) is 0 Å². The Morgan fingerprint density at radius 1 is 0.970 bits per heavy atom. The molecule has 180 valence electrons. The maximum absolute atomic E-state index is 12.9. The Hall–Kier alpha value is -2.26. The maximum Gasteiger partial charge on any atom is 0.243 e. The summed E-state index contributed by atoms with van der Waals surface area (Å²) in [7, 11) is -1.86. The Morgan fingerprint density at radius 3 is 2.30 bits per heavy atom. The van der Waals surface area contributed by atoms with E-state index in [0.717, 1.165) is 18.4 Å². The molecule has 0 bridgehead atoms. The minimum absolute atomic E-state index is 0.0881. The lowest BCUT2D eigenvalue weighted by molar-refractivity contribution is -0.131. The Kier molecular flexibility index (Phi) is 9.87. The van der Waals surface area contributed by atoms with Gasteiger partial charge in [-0.3, -0.25) is 4.79 Å². The minimum atomic E-state index is -3.50. The second kappa shape index (κ2) is 12.8. The van der Waals surface area contributed by atoms with Crippen molar-refractivity contribution in [2.24, 2.45) is 0 Å². The second-order valence-corrected chi connectivity index (χ2v) is 10.1. The Labute approximate surface area is 197 Å². The van der Waals surface area contributed by atoms with Crippen LogP contribution < -0.4 is 0 Å². The molecular formula is C25H34N2O5S. The van der Waals surface area contributed by atoms with Crippen LogP contribution in [0.15, 0.2) is 59.5 Å². The van der Waals surface area contributed by atoms with Crippen molar-refractivity contribution in [2.75, 3.05) is 53.1 Å². The molecule has 0 radical (unpaired) electrons. The number of benzene rings is 2. The van der Waals surface area contributed by atoms with E-state index in [-0.39, 0.29) is 10.8 Å². The van der Waals surface area contributed by atoms with Gasteiger partial charge in [-0.1, -0.05) is 42.5 Å².